The summed E-state index contributed by atoms with van der Waals surface area (Å²) in [6.45, 7) is 6.21. The quantitative estimate of drug-likeness (QED) is 0.760. The van der Waals surface area contributed by atoms with Gasteiger partial charge in [-0.3, -0.25) is 4.79 Å². The number of benzene rings is 1. The topological polar surface area (TPSA) is 71.3 Å². The summed E-state index contributed by atoms with van der Waals surface area (Å²) in [6.07, 6.45) is 5.15. The largest absolute Gasteiger partial charge is 0.416 e. The number of anilines is 2. The van der Waals surface area contributed by atoms with Gasteiger partial charge in [-0.25, -0.2) is 0 Å². The van der Waals surface area contributed by atoms with Gasteiger partial charge < -0.3 is 14.6 Å². The number of aromatic nitrogens is 2. The molecule has 2 heterocycles. The molecule has 1 aliphatic rings. The van der Waals surface area contributed by atoms with E-state index in [9.17, 15) is 4.79 Å². The first-order chi connectivity index (χ1) is 12.6. The monoisotopic (exact) mass is 374 g/mol. The second kappa shape index (κ2) is 9.07. The number of amides is 1. The summed E-state index contributed by atoms with van der Waals surface area (Å²) in [5.41, 5.74) is 2.04. The maximum absolute atomic E-state index is 12.1. The molecule has 0 atom stereocenters. The lowest BCUT2D eigenvalue weighted by molar-refractivity contribution is -0.113. The summed E-state index contributed by atoms with van der Waals surface area (Å²) in [5, 5.41) is 11.3. The Hall–Kier alpha value is -2.02. The molecule has 1 fully saturated rings. The fraction of sp³-hybridized carbons (Fsp3) is 0.526. The molecule has 1 aromatic heterocycles. The van der Waals surface area contributed by atoms with E-state index in [1.54, 1.807) is 0 Å². The van der Waals surface area contributed by atoms with Crippen molar-refractivity contribution in [2.24, 2.45) is 0 Å². The predicted octanol–water partition coefficient (Wildman–Crippen LogP) is 4.30. The van der Waals surface area contributed by atoms with Crippen molar-refractivity contribution in [1.29, 1.82) is 0 Å². The van der Waals surface area contributed by atoms with E-state index in [2.05, 4.69) is 32.5 Å². The van der Waals surface area contributed by atoms with Crippen molar-refractivity contribution in [1.82, 2.24) is 10.2 Å². The minimum atomic E-state index is -0.0816. The zero-order valence-electron chi connectivity index (χ0n) is 15.4. The molecule has 0 radical (unpaired) electrons. The number of rotatable bonds is 6. The van der Waals surface area contributed by atoms with Crippen LogP contribution in [0, 0.1) is 0 Å². The van der Waals surface area contributed by atoms with Gasteiger partial charge in [-0.2, -0.15) is 0 Å². The molecule has 2 aromatic rings. The summed E-state index contributed by atoms with van der Waals surface area (Å²) < 4.78 is 5.49. The Bertz CT molecular complexity index is 707. The molecular weight excluding hydrogens is 348 g/mol. The van der Waals surface area contributed by atoms with Crippen LogP contribution in [0.5, 0.6) is 0 Å². The van der Waals surface area contributed by atoms with E-state index in [0.717, 1.165) is 18.8 Å². The van der Waals surface area contributed by atoms with Crippen molar-refractivity contribution < 1.29 is 9.21 Å². The fourth-order valence-electron chi connectivity index (χ4n) is 2.92. The summed E-state index contributed by atoms with van der Waals surface area (Å²) >= 11 is 1.25. The molecule has 26 heavy (non-hydrogen) atoms. The molecule has 0 bridgehead atoms. The van der Waals surface area contributed by atoms with Crippen LogP contribution in [0.25, 0.3) is 0 Å². The average Bonchev–Trinajstić information content (AvgIpc) is 2.95. The van der Waals surface area contributed by atoms with Gasteiger partial charge in [0.05, 0.1) is 5.75 Å². The van der Waals surface area contributed by atoms with Crippen LogP contribution in [-0.2, 0) is 4.79 Å². The molecule has 140 valence electrons. The SMILES string of the molecule is CC(C)c1nnc(SCC(=O)Nc2ccc(N3CCCCCC3)cc2)o1. The van der Waals surface area contributed by atoms with Gasteiger partial charge in [0.25, 0.3) is 5.22 Å². The Kier molecular flexibility index (Phi) is 6.55. The summed E-state index contributed by atoms with van der Waals surface area (Å²) in [7, 11) is 0. The molecule has 7 heteroatoms. The maximum atomic E-state index is 12.1. The summed E-state index contributed by atoms with van der Waals surface area (Å²) in [5.74, 6) is 0.945. The highest BCUT2D eigenvalue weighted by molar-refractivity contribution is 7.99. The van der Waals surface area contributed by atoms with E-state index >= 15 is 0 Å². The first-order valence-corrected chi connectivity index (χ1v) is 10.2. The normalized spacial score (nSPS) is 15.1. The second-order valence-corrected chi connectivity index (χ2v) is 7.77. The Morgan fingerprint density at radius 2 is 1.85 bits per heavy atom. The van der Waals surface area contributed by atoms with Crippen LogP contribution in [0.2, 0.25) is 0 Å². The second-order valence-electron chi connectivity index (χ2n) is 6.85. The van der Waals surface area contributed by atoms with Gasteiger partial charge in [-0.1, -0.05) is 38.5 Å². The number of carbonyl (C=O) groups excluding carboxylic acids is 1. The molecule has 1 aromatic carbocycles. The van der Waals surface area contributed by atoms with Crippen LogP contribution in [0.4, 0.5) is 11.4 Å². The lowest BCUT2D eigenvalue weighted by atomic mass is 10.2. The highest BCUT2D eigenvalue weighted by Crippen LogP contribution is 2.23. The third-order valence-corrected chi connectivity index (χ3v) is 5.18. The predicted molar refractivity (Wildman–Crippen MR) is 105 cm³/mol. The van der Waals surface area contributed by atoms with Gasteiger partial charge in [-0.05, 0) is 37.1 Å². The van der Waals surface area contributed by atoms with Crippen LogP contribution >= 0.6 is 11.8 Å². The average molecular weight is 375 g/mol. The standard InChI is InChI=1S/C19H26N4O2S/c1-14(2)18-21-22-19(25-18)26-13-17(24)20-15-7-9-16(10-8-15)23-11-5-3-4-6-12-23/h7-10,14H,3-6,11-13H2,1-2H3,(H,20,24). The number of hydrogen-bond acceptors (Lipinski definition) is 6. The van der Waals surface area contributed by atoms with Crippen LogP contribution in [0.15, 0.2) is 33.9 Å². The summed E-state index contributed by atoms with van der Waals surface area (Å²) in [6, 6.07) is 8.10. The van der Waals surface area contributed by atoms with Crippen molar-refractivity contribution >= 4 is 29.0 Å². The molecule has 0 aliphatic carbocycles. The number of hydrogen-bond donors (Lipinski definition) is 1. The lowest BCUT2D eigenvalue weighted by Crippen LogP contribution is -2.23. The molecule has 1 saturated heterocycles. The van der Waals surface area contributed by atoms with Gasteiger partial charge in [0.1, 0.15) is 0 Å². The van der Waals surface area contributed by atoms with Gasteiger partial charge in [0, 0.05) is 30.4 Å². The highest BCUT2D eigenvalue weighted by atomic mass is 32.2. The van der Waals surface area contributed by atoms with Gasteiger partial charge in [-0.15, -0.1) is 10.2 Å². The Labute approximate surface area is 158 Å². The lowest BCUT2D eigenvalue weighted by Gasteiger charge is -2.22. The zero-order chi connectivity index (χ0) is 18.4. The first kappa shape index (κ1) is 18.8. The molecule has 1 aliphatic heterocycles. The van der Waals surface area contributed by atoms with E-state index in [1.165, 1.54) is 43.1 Å². The fourth-order valence-corrected chi connectivity index (χ4v) is 3.49. The molecule has 1 N–H and O–H groups in total. The Morgan fingerprint density at radius 3 is 2.46 bits per heavy atom. The van der Waals surface area contributed by atoms with Crippen LogP contribution < -0.4 is 10.2 Å². The van der Waals surface area contributed by atoms with Gasteiger partial charge >= 0.3 is 0 Å². The minimum Gasteiger partial charge on any atom is -0.416 e. The maximum Gasteiger partial charge on any atom is 0.277 e. The molecule has 6 nitrogen and oxygen atoms in total. The summed E-state index contributed by atoms with van der Waals surface area (Å²) in [4.78, 5) is 14.6. The van der Waals surface area contributed by atoms with Crippen molar-refractivity contribution in [3.05, 3.63) is 30.2 Å². The Morgan fingerprint density at radius 1 is 1.15 bits per heavy atom. The van der Waals surface area contributed by atoms with Crippen LogP contribution in [-0.4, -0.2) is 34.9 Å². The van der Waals surface area contributed by atoms with Gasteiger partial charge in [0.2, 0.25) is 11.8 Å². The van der Waals surface area contributed by atoms with E-state index < -0.39 is 0 Å². The van der Waals surface area contributed by atoms with Gasteiger partial charge in [0.15, 0.2) is 0 Å². The molecule has 0 spiro atoms. The number of carbonyl (C=O) groups is 1. The third-order valence-electron chi connectivity index (χ3n) is 4.37. The minimum absolute atomic E-state index is 0.0816. The Balaban J connectivity index is 1.49. The molecule has 1 amide bonds. The van der Waals surface area contributed by atoms with E-state index in [-0.39, 0.29) is 17.6 Å². The molecule has 3 rings (SSSR count). The number of thioether (sulfide) groups is 1. The molecular formula is C19H26N4O2S. The van der Waals surface area contributed by atoms with Crippen molar-refractivity contribution in [2.75, 3.05) is 29.1 Å². The van der Waals surface area contributed by atoms with E-state index in [0.29, 0.717) is 11.1 Å². The van der Waals surface area contributed by atoms with E-state index in [1.807, 2.05) is 26.0 Å². The van der Waals surface area contributed by atoms with Crippen LogP contribution in [0.1, 0.15) is 51.3 Å². The first-order valence-electron chi connectivity index (χ1n) is 9.23. The van der Waals surface area contributed by atoms with E-state index in [4.69, 9.17) is 4.42 Å². The highest BCUT2D eigenvalue weighted by Gasteiger charge is 2.13. The third kappa shape index (κ3) is 5.24. The van der Waals surface area contributed by atoms with Crippen LogP contribution in [0.3, 0.4) is 0 Å². The molecule has 0 saturated carbocycles. The van der Waals surface area contributed by atoms with Crippen molar-refractivity contribution in [3.63, 3.8) is 0 Å². The van der Waals surface area contributed by atoms with Crippen molar-refractivity contribution in [3.8, 4) is 0 Å². The molecule has 0 unspecified atom stereocenters. The zero-order valence-corrected chi connectivity index (χ0v) is 16.2. The number of nitrogens with zero attached hydrogens (tertiary/aromatic N) is 3. The van der Waals surface area contributed by atoms with Crippen molar-refractivity contribution in [2.45, 2.75) is 50.7 Å². The number of nitrogens with one attached hydrogen (secondary N) is 1. The smallest absolute Gasteiger partial charge is 0.277 e.